The second-order valence-electron chi connectivity index (χ2n) is 4.60. The third-order valence-electron chi connectivity index (χ3n) is 3.73. The molecule has 0 aromatic heterocycles. The molecule has 1 saturated carbocycles. The molecule has 0 saturated heterocycles. The molecule has 0 heterocycles. The standard InChI is InChI=1S/C10H21N/c1-4-9(2,3)10(11)7-5-6-8-10/h4-8,11H2,1-3H3. The minimum Gasteiger partial charge on any atom is -0.325 e. The Hall–Kier alpha value is -0.0400. The lowest BCUT2D eigenvalue weighted by Crippen LogP contribution is -2.50. The van der Waals surface area contributed by atoms with E-state index in [1.165, 1.54) is 32.1 Å². The molecule has 1 rings (SSSR count). The van der Waals surface area contributed by atoms with Crippen LogP contribution in [0.25, 0.3) is 0 Å². The summed E-state index contributed by atoms with van der Waals surface area (Å²) in [4.78, 5) is 0. The fourth-order valence-electron chi connectivity index (χ4n) is 2.03. The van der Waals surface area contributed by atoms with Gasteiger partial charge >= 0.3 is 0 Å². The maximum Gasteiger partial charge on any atom is 0.0205 e. The van der Waals surface area contributed by atoms with E-state index < -0.39 is 0 Å². The van der Waals surface area contributed by atoms with Crippen molar-refractivity contribution in [1.82, 2.24) is 0 Å². The summed E-state index contributed by atoms with van der Waals surface area (Å²) in [6, 6.07) is 0. The molecule has 0 amide bonds. The molecule has 66 valence electrons. The van der Waals surface area contributed by atoms with Crippen LogP contribution < -0.4 is 5.73 Å². The molecule has 0 aliphatic heterocycles. The van der Waals surface area contributed by atoms with Crippen molar-refractivity contribution in [2.75, 3.05) is 0 Å². The lowest BCUT2D eigenvalue weighted by molar-refractivity contribution is 0.162. The Morgan fingerprint density at radius 1 is 1.27 bits per heavy atom. The summed E-state index contributed by atoms with van der Waals surface area (Å²) in [6.07, 6.45) is 6.32. The molecule has 0 bridgehead atoms. The summed E-state index contributed by atoms with van der Waals surface area (Å²) in [5, 5.41) is 0. The van der Waals surface area contributed by atoms with Gasteiger partial charge in [0.1, 0.15) is 0 Å². The van der Waals surface area contributed by atoms with Crippen LogP contribution in [0.1, 0.15) is 52.9 Å². The Bertz CT molecular complexity index is 132. The Labute approximate surface area is 70.4 Å². The summed E-state index contributed by atoms with van der Waals surface area (Å²) < 4.78 is 0. The molecule has 1 heteroatoms. The van der Waals surface area contributed by atoms with Gasteiger partial charge in [0, 0.05) is 5.54 Å². The highest BCUT2D eigenvalue weighted by Crippen LogP contribution is 2.43. The second-order valence-corrected chi connectivity index (χ2v) is 4.60. The molecule has 0 aromatic rings. The van der Waals surface area contributed by atoms with E-state index in [4.69, 9.17) is 5.73 Å². The average Bonchev–Trinajstić information content (AvgIpc) is 2.38. The van der Waals surface area contributed by atoms with E-state index >= 15 is 0 Å². The van der Waals surface area contributed by atoms with Crippen LogP contribution in [0.15, 0.2) is 0 Å². The monoisotopic (exact) mass is 155 g/mol. The molecule has 0 unspecified atom stereocenters. The van der Waals surface area contributed by atoms with E-state index in [9.17, 15) is 0 Å². The number of hydrogen-bond donors (Lipinski definition) is 1. The van der Waals surface area contributed by atoms with E-state index in [-0.39, 0.29) is 5.54 Å². The van der Waals surface area contributed by atoms with E-state index in [0.29, 0.717) is 5.41 Å². The molecular formula is C10H21N. The van der Waals surface area contributed by atoms with Crippen molar-refractivity contribution >= 4 is 0 Å². The fraction of sp³-hybridized carbons (Fsp3) is 1.00. The van der Waals surface area contributed by atoms with Crippen LogP contribution >= 0.6 is 0 Å². The number of nitrogens with two attached hydrogens (primary N) is 1. The number of rotatable bonds is 2. The summed E-state index contributed by atoms with van der Waals surface area (Å²) in [5.74, 6) is 0. The van der Waals surface area contributed by atoms with Crippen LogP contribution in [0, 0.1) is 5.41 Å². The third-order valence-corrected chi connectivity index (χ3v) is 3.73. The topological polar surface area (TPSA) is 26.0 Å². The van der Waals surface area contributed by atoms with Gasteiger partial charge < -0.3 is 5.73 Å². The van der Waals surface area contributed by atoms with E-state index in [2.05, 4.69) is 20.8 Å². The van der Waals surface area contributed by atoms with Crippen molar-refractivity contribution in [3.05, 3.63) is 0 Å². The van der Waals surface area contributed by atoms with Crippen LogP contribution in [0.5, 0.6) is 0 Å². The van der Waals surface area contributed by atoms with Crippen LogP contribution in [-0.4, -0.2) is 5.54 Å². The Morgan fingerprint density at radius 2 is 1.73 bits per heavy atom. The Kier molecular flexibility index (Phi) is 2.29. The number of hydrogen-bond acceptors (Lipinski definition) is 1. The maximum atomic E-state index is 6.35. The lowest BCUT2D eigenvalue weighted by Gasteiger charge is -2.40. The van der Waals surface area contributed by atoms with Gasteiger partial charge in [0.15, 0.2) is 0 Å². The maximum absolute atomic E-state index is 6.35. The summed E-state index contributed by atoms with van der Waals surface area (Å²) in [6.45, 7) is 6.85. The van der Waals surface area contributed by atoms with Crippen molar-refractivity contribution in [1.29, 1.82) is 0 Å². The predicted octanol–water partition coefficient (Wildman–Crippen LogP) is 2.69. The second kappa shape index (κ2) is 2.78. The molecule has 1 fully saturated rings. The zero-order chi connectivity index (χ0) is 8.54. The lowest BCUT2D eigenvalue weighted by atomic mass is 9.70. The first-order valence-electron chi connectivity index (χ1n) is 4.81. The molecule has 1 aliphatic carbocycles. The van der Waals surface area contributed by atoms with Gasteiger partial charge in [-0.3, -0.25) is 0 Å². The zero-order valence-corrected chi connectivity index (χ0v) is 8.11. The molecule has 0 aromatic carbocycles. The van der Waals surface area contributed by atoms with Crippen molar-refractivity contribution in [2.45, 2.75) is 58.4 Å². The van der Waals surface area contributed by atoms with Gasteiger partial charge in [0.05, 0.1) is 0 Å². The molecule has 1 nitrogen and oxygen atoms in total. The van der Waals surface area contributed by atoms with Gasteiger partial charge in [-0.2, -0.15) is 0 Å². The van der Waals surface area contributed by atoms with Gasteiger partial charge in [-0.25, -0.2) is 0 Å². The molecule has 2 N–H and O–H groups in total. The minimum absolute atomic E-state index is 0.141. The first-order valence-corrected chi connectivity index (χ1v) is 4.81. The first-order chi connectivity index (χ1) is 5.02. The Morgan fingerprint density at radius 3 is 2.09 bits per heavy atom. The highest BCUT2D eigenvalue weighted by atomic mass is 14.8. The van der Waals surface area contributed by atoms with Crippen molar-refractivity contribution in [2.24, 2.45) is 11.1 Å². The fourth-order valence-corrected chi connectivity index (χ4v) is 2.03. The molecule has 11 heavy (non-hydrogen) atoms. The van der Waals surface area contributed by atoms with E-state index in [1.54, 1.807) is 0 Å². The summed E-state index contributed by atoms with van der Waals surface area (Å²) in [7, 11) is 0. The SMILES string of the molecule is CCC(C)(C)C1(N)CCCC1. The quantitative estimate of drug-likeness (QED) is 0.652. The molecule has 1 aliphatic rings. The van der Waals surface area contributed by atoms with Gasteiger partial charge in [-0.05, 0) is 24.7 Å². The largest absolute Gasteiger partial charge is 0.325 e. The molecule has 0 radical (unpaired) electrons. The van der Waals surface area contributed by atoms with Crippen LogP contribution in [0.2, 0.25) is 0 Å². The highest BCUT2D eigenvalue weighted by molar-refractivity contribution is 4.99. The predicted molar refractivity (Wildman–Crippen MR) is 49.5 cm³/mol. The van der Waals surface area contributed by atoms with Crippen molar-refractivity contribution < 1.29 is 0 Å². The van der Waals surface area contributed by atoms with Crippen LogP contribution in [-0.2, 0) is 0 Å². The van der Waals surface area contributed by atoms with Crippen LogP contribution in [0.4, 0.5) is 0 Å². The third kappa shape index (κ3) is 1.44. The molecule has 0 spiro atoms. The average molecular weight is 155 g/mol. The van der Waals surface area contributed by atoms with Gasteiger partial charge in [0.2, 0.25) is 0 Å². The van der Waals surface area contributed by atoms with Crippen LogP contribution in [0.3, 0.4) is 0 Å². The summed E-state index contributed by atoms with van der Waals surface area (Å²) >= 11 is 0. The van der Waals surface area contributed by atoms with Gasteiger partial charge in [-0.1, -0.05) is 33.6 Å². The zero-order valence-electron chi connectivity index (χ0n) is 8.11. The first kappa shape index (κ1) is 9.05. The molecular weight excluding hydrogens is 134 g/mol. The normalized spacial score (nSPS) is 24.0. The smallest absolute Gasteiger partial charge is 0.0205 e. The van der Waals surface area contributed by atoms with Crippen molar-refractivity contribution in [3.63, 3.8) is 0 Å². The van der Waals surface area contributed by atoms with Gasteiger partial charge in [0.25, 0.3) is 0 Å². The highest BCUT2D eigenvalue weighted by Gasteiger charge is 2.41. The van der Waals surface area contributed by atoms with E-state index in [0.717, 1.165) is 0 Å². The Balaban J connectivity index is 2.69. The molecule has 0 atom stereocenters. The van der Waals surface area contributed by atoms with Gasteiger partial charge in [-0.15, -0.1) is 0 Å². The minimum atomic E-state index is 0.141. The van der Waals surface area contributed by atoms with Crippen molar-refractivity contribution in [3.8, 4) is 0 Å². The summed E-state index contributed by atoms with van der Waals surface area (Å²) in [5.41, 5.74) is 6.82. The van der Waals surface area contributed by atoms with E-state index in [1.807, 2.05) is 0 Å².